The third-order valence-electron chi connectivity index (χ3n) is 4.57. The number of para-hydroxylation sites is 1. The summed E-state index contributed by atoms with van der Waals surface area (Å²) >= 11 is 5.94. The number of hydrogen-bond acceptors (Lipinski definition) is 3. The van der Waals surface area contributed by atoms with Crippen LogP contribution in [0.5, 0.6) is 11.5 Å². The maximum atomic E-state index is 6.15. The molecule has 0 radical (unpaired) electrons. The molecule has 0 heterocycles. The summed E-state index contributed by atoms with van der Waals surface area (Å²) in [5.74, 6) is 1.55. The highest BCUT2D eigenvalue weighted by Crippen LogP contribution is 2.31. The molecule has 0 bridgehead atoms. The van der Waals surface area contributed by atoms with E-state index in [9.17, 15) is 0 Å². The van der Waals surface area contributed by atoms with Crippen molar-refractivity contribution in [3.63, 3.8) is 0 Å². The average Bonchev–Trinajstić information content (AvgIpc) is 2.71. The molecule has 0 aromatic heterocycles. The van der Waals surface area contributed by atoms with E-state index in [2.05, 4.69) is 54.7 Å². The summed E-state index contributed by atoms with van der Waals surface area (Å²) in [5.41, 5.74) is 4.72. The van der Waals surface area contributed by atoms with Crippen molar-refractivity contribution in [2.24, 2.45) is 0 Å². The van der Waals surface area contributed by atoms with E-state index in [4.69, 9.17) is 21.1 Å². The van der Waals surface area contributed by atoms with Crippen molar-refractivity contribution >= 4 is 11.6 Å². The van der Waals surface area contributed by atoms with Gasteiger partial charge in [-0.05, 0) is 49.2 Å². The monoisotopic (exact) mass is 395 g/mol. The Morgan fingerprint density at radius 3 is 2.46 bits per heavy atom. The highest BCUT2D eigenvalue weighted by atomic mass is 35.5. The second kappa shape index (κ2) is 10.2. The summed E-state index contributed by atoms with van der Waals surface area (Å²) in [4.78, 5) is 0. The molecule has 3 rings (SSSR count). The van der Waals surface area contributed by atoms with Crippen LogP contribution in [-0.4, -0.2) is 13.7 Å². The van der Waals surface area contributed by atoms with E-state index in [0.717, 1.165) is 40.6 Å². The summed E-state index contributed by atoms with van der Waals surface area (Å²) in [6.45, 7) is 4.19. The molecule has 0 fully saturated rings. The third kappa shape index (κ3) is 5.75. The Morgan fingerprint density at radius 2 is 1.71 bits per heavy atom. The van der Waals surface area contributed by atoms with E-state index in [1.165, 1.54) is 11.1 Å². The molecular formula is C24H26ClNO2. The molecular weight excluding hydrogens is 370 g/mol. The Morgan fingerprint density at radius 1 is 0.929 bits per heavy atom. The Labute approximate surface area is 172 Å². The van der Waals surface area contributed by atoms with Crippen molar-refractivity contribution in [2.45, 2.75) is 26.5 Å². The lowest BCUT2D eigenvalue weighted by Crippen LogP contribution is -2.17. The molecule has 0 spiro atoms. The van der Waals surface area contributed by atoms with E-state index in [1.807, 2.05) is 24.3 Å². The van der Waals surface area contributed by atoms with Crippen LogP contribution in [0.25, 0.3) is 0 Å². The van der Waals surface area contributed by atoms with Gasteiger partial charge in [0.2, 0.25) is 0 Å². The van der Waals surface area contributed by atoms with Crippen LogP contribution in [0.3, 0.4) is 0 Å². The van der Waals surface area contributed by atoms with Gasteiger partial charge in [0.15, 0.2) is 11.5 Å². The first-order chi connectivity index (χ1) is 13.7. The van der Waals surface area contributed by atoms with Crippen LogP contribution >= 0.6 is 11.6 Å². The van der Waals surface area contributed by atoms with E-state index in [1.54, 1.807) is 7.11 Å². The minimum atomic E-state index is 0.514. The molecule has 0 aliphatic heterocycles. The number of nitrogens with one attached hydrogen (secondary N) is 1. The van der Waals surface area contributed by atoms with Gasteiger partial charge in [0, 0.05) is 17.1 Å². The van der Waals surface area contributed by atoms with E-state index in [0.29, 0.717) is 13.2 Å². The number of methoxy groups -OCH3 is 1. The van der Waals surface area contributed by atoms with Crippen molar-refractivity contribution in [1.29, 1.82) is 0 Å². The van der Waals surface area contributed by atoms with Gasteiger partial charge in [0.1, 0.15) is 6.61 Å². The molecule has 3 aromatic carbocycles. The van der Waals surface area contributed by atoms with E-state index in [-0.39, 0.29) is 0 Å². The Balaban J connectivity index is 1.61. The van der Waals surface area contributed by atoms with Crippen molar-refractivity contribution in [3.8, 4) is 11.5 Å². The zero-order chi connectivity index (χ0) is 19.8. The van der Waals surface area contributed by atoms with Crippen LogP contribution in [0, 0.1) is 6.92 Å². The van der Waals surface area contributed by atoms with Gasteiger partial charge in [0.25, 0.3) is 0 Å². The van der Waals surface area contributed by atoms with Gasteiger partial charge in [0.05, 0.1) is 7.11 Å². The maximum Gasteiger partial charge on any atom is 0.166 e. The fourth-order valence-electron chi connectivity index (χ4n) is 3.09. The predicted molar refractivity (Wildman–Crippen MR) is 115 cm³/mol. The first-order valence-corrected chi connectivity index (χ1v) is 9.83. The largest absolute Gasteiger partial charge is 0.493 e. The first-order valence-electron chi connectivity index (χ1n) is 9.45. The second-order valence-electron chi connectivity index (χ2n) is 6.78. The lowest BCUT2D eigenvalue weighted by atomic mass is 10.1. The lowest BCUT2D eigenvalue weighted by Gasteiger charge is -2.16. The molecule has 28 heavy (non-hydrogen) atoms. The fraction of sp³-hybridized carbons (Fsp3) is 0.250. The molecule has 4 heteroatoms. The Bertz CT molecular complexity index is 893. The molecule has 0 aliphatic carbocycles. The minimum Gasteiger partial charge on any atom is -0.493 e. The van der Waals surface area contributed by atoms with E-state index >= 15 is 0 Å². The number of halogens is 1. The second-order valence-corrected chi connectivity index (χ2v) is 7.22. The fourth-order valence-corrected chi connectivity index (χ4v) is 3.22. The van der Waals surface area contributed by atoms with Crippen LogP contribution in [0.15, 0.2) is 66.7 Å². The van der Waals surface area contributed by atoms with Gasteiger partial charge in [-0.1, -0.05) is 65.7 Å². The summed E-state index contributed by atoms with van der Waals surface area (Å²) in [5, 5.41) is 4.26. The average molecular weight is 396 g/mol. The Kier molecular flexibility index (Phi) is 7.35. The van der Waals surface area contributed by atoms with Crippen molar-refractivity contribution in [1.82, 2.24) is 5.32 Å². The van der Waals surface area contributed by atoms with Gasteiger partial charge in [-0.3, -0.25) is 0 Å². The molecule has 0 aliphatic rings. The van der Waals surface area contributed by atoms with Crippen LogP contribution in [0.1, 0.15) is 22.3 Å². The molecule has 146 valence electrons. The Hall–Kier alpha value is -2.49. The highest BCUT2D eigenvalue weighted by Gasteiger charge is 2.11. The molecule has 0 saturated heterocycles. The number of hydrogen-bond donors (Lipinski definition) is 1. The van der Waals surface area contributed by atoms with E-state index < -0.39 is 0 Å². The van der Waals surface area contributed by atoms with Gasteiger partial charge in [-0.15, -0.1) is 0 Å². The number of benzene rings is 3. The van der Waals surface area contributed by atoms with Crippen molar-refractivity contribution < 1.29 is 9.47 Å². The SMILES string of the molecule is COc1cccc(CNCCc2ccc(Cl)cc2)c1OCc1cccc(C)c1. The summed E-state index contributed by atoms with van der Waals surface area (Å²) in [7, 11) is 1.67. The molecule has 3 nitrogen and oxygen atoms in total. The van der Waals surface area contributed by atoms with Crippen molar-refractivity contribution in [3.05, 3.63) is 94.0 Å². The number of rotatable bonds is 9. The molecule has 0 amide bonds. The van der Waals surface area contributed by atoms with Crippen LogP contribution in [0.4, 0.5) is 0 Å². The van der Waals surface area contributed by atoms with Crippen LogP contribution in [0.2, 0.25) is 5.02 Å². The summed E-state index contributed by atoms with van der Waals surface area (Å²) < 4.78 is 11.7. The topological polar surface area (TPSA) is 30.5 Å². The quantitative estimate of drug-likeness (QED) is 0.480. The number of ether oxygens (including phenoxy) is 2. The van der Waals surface area contributed by atoms with Gasteiger partial charge in [-0.25, -0.2) is 0 Å². The maximum absolute atomic E-state index is 6.15. The molecule has 0 saturated carbocycles. The standard InChI is InChI=1S/C24H26ClNO2/c1-18-5-3-6-20(15-18)17-28-24-21(7-4-8-23(24)27-2)16-26-14-13-19-9-11-22(25)12-10-19/h3-12,15,26H,13-14,16-17H2,1-2H3. The molecule has 3 aromatic rings. The summed E-state index contributed by atoms with van der Waals surface area (Å²) in [6.07, 6.45) is 0.945. The normalized spacial score (nSPS) is 10.7. The van der Waals surface area contributed by atoms with Gasteiger partial charge >= 0.3 is 0 Å². The number of aryl methyl sites for hydroxylation is 1. The van der Waals surface area contributed by atoms with Crippen LogP contribution in [-0.2, 0) is 19.6 Å². The lowest BCUT2D eigenvalue weighted by molar-refractivity contribution is 0.280. The zero-order valence-corrected chi connectivity index (χ0v) is 17.1. The molecule has 1 N–H and O–H groups in total. The highest BCUT2D eigenvalue weighted by molar-refractivity contribution is 6.30. The van der Waals surface area contributed by atoms with Gasteiger partial charge in [-0.2, -0.15) is 0 Å². The van der Waals surface area contributed by atoms with Crippen LogP contribution < -0.4 is 14.8 Å². The third-order valence-corrected chi connectivity index (χ3v) is 4.82. The predicted octanol–water partition coefficient (Wildman–Crippen LogP) is 5.57. The van der Waals surface area contributed by atoms with Crippen molar-refractivity contribution in [2.75, 3.05) is 13.7 Å². The summed E-state index contributed by atoms with van der Waals surface area (Å²) in [6, 6.07) is 22.3. The minimum absolute atomic E-state index is 0.514. The molecule has 0 atom stereocenters. The molecule has 0 unspecified atom stereocenters. The zero-order valence-electron chi connectivity index (χ0n) is 16.4. The van der Waals surface area contributed by atoms with Gasteiger partial charge < -0.3 is 14.8 Å². The smallest absolute Gasteiger partial charge is 0.166 e. The first kappa shape index (κ1) is 20.2.